The van der Waals surface area contributed by atoms with Crippen LogP contribution in [0.5, 0.6) is 0 Å². The normalized spacial score (nSPS) is 18.6. The van der Waals surface area contributed by atoms with Crippen LogP contribution in [0.2, 0.25) is 0 Å². The Labute approximate surface area is 163 Å². The number of benzene rings is 2. The number of hydrogen-bond acceptors (Lipinski definition) is 3. The molecule has 0 spiro atoms. The van der Waals surface area contributed by atoms with Gasteiger partial charge in [0.1, 0.15) is 5.82 Å². The summed E-state index contributed by atoms with van der Waals surface area (Å²) in [5.74, 6) is -1.02. The van der Waals surface area contributed by atoms with Crippen LogP contribution in [0.25, 0.3) is 0 Å². The second-order valence-electron chi connectivity index (χ2n) is 7.23. The number of rotatable bonds is 4. The van der Waals surface area contributed by atoms with E-state index in [9.17, 15) is 14.0 Å². The van der Waals surface area contributed by atoms with Crippen LogP contribution >= 0.6 is 0 Å². The Bertz CT molecular complexity index is 893. The number of amides is 2. The molecule has 1 saturated heterocycles. The average Bonchev–Trinajstić information content (AvgIpc) is 3.24. The van der Waals surface area contributed by atoms with E-state index in [0.29, 0.717) is 18.7 Å². The van der Waals surface area contributed by atoms with E-state index in [-0.39, 0.29) is 23.5 Å². The number of carbonyl (C=O) groups is 2. The van der Waals surface area contributed by atoms with Crippen molar-refractivity contribution in [2.45, 2.75) is 31.8 Å². The first-order valence-electron chi connectivity index (χ1n) is 9.72. The van der Waals surface area contributed by atoms with E-state index in [4.69, 9.17) is 4.74 Å². The molecule has 2 aromatic carbocycles. The first kappa shape index (κ1) is 18.6. The van der Waals surface area contributed by atoms with Crippen LogP contribution in [0, 0.1) is 5.82 Å². The number of anilines is 1. The topological polar surface area (TPSA) is 58.6 Å². The van der Waals surface area contributed by atoms with Crippen molar-refractivity contribution in [2.24, 2.45) is 0 Å². The van der Waals surface area contributed by atoms with Gasteiger partial charge in [-0.2, -0.15) is 0 Å². The molecule has 4 rings (SSSR count). The van der Waals surface area contributed by atoms with Gasteiger partial charge in [-0.15, -0.1) is 0 Å². The molecule has 28 heavy (non-hydrogen) atoms. The molecule has 2 heterocycles. The Kier molecular flexibility index (Phi) is 5.39. The average molecular weight is 382 g/mol. The smallest absolute Gasteiger partial charge is 0.261 e. The van der Waals surface area contributed by atoms with Crippen molar-refractivity contribution in [1.82, 2.24) is 5.32 Å². The monoisotopic (exact) mass is 382 g/mol. The minimum absolute atomic E-state index is 0.0636. The van der Waals surface area contributed by atoms with Gasteiger partial charge in [-0.3, -0.25) is 9.59 Å². The molecule has 1 N–H and O–H groups in total. The van der Waals surface area contributed by atoms with E-state index >= 15 is 0 Å². The number of carbonyl (C=O) groups excluding carboxylic acids is 2. The number of fused-ring (bicyclic) bond motifs is 1. The van der Waals surface area contributed by atoms with Crippen molar-refractivity contribution in [3.8, 4) is 0 Å². The number of ether oxygens (including phenoxy) is 1. The molecule has 2 aliphatic rings. The van der Waals surface area contributed by atoms with Gasteiger partial charge in [0, 0.05) is 30.9 Å². The largest absolute Gasteiger partial charge is 0.376 e. The molecule has 6 heteroatoms. The molecule has 1 fully saturated rings. The molecule has 0 aromatic heterocycles. The van der Waals surface area contributed by atoms with E-state index in [1.165, 1.54) is 12.1 Å². The summed E-state index contributed by atoms with van der Waals surface area (Å²) < 4.78 is 19.6. The highest BCUT2D eigenvalue weighted by Gasteiger charge is 2.26. The Morgan fingerprint density at radius 1 is 1.18 bits per heavy atom. The molecular formula is C22H23FN2O3. The Balaban J connectivity index is 1.51. The summed E-state index contributed by atoms with van der Waals surface area (Å²) in [6.45, 7) is 1.80. The van der Waals surface area contributed by atoms with Gasteiger partial charge in [0.25, 0.3) is 11.8 Å². The van der Waals surface area contributed by atoms with Crippen LogP contribution in [0.3, 0.4) is 0 Å². The summed E-state index contributed by atoms with van der Waals surface area (Å²) in [4.78, 5) is 26.9. The molecule has 0 radical (unpaired) electrons. The zero-order valence-electron chi connectivity index (χ0n) is 15.6. The maximum Gasteiger partial charge on any atom is 0.261 e. The minimum Gasteiger partial charge on any atom is -0.376 e. The lowest BCUT2D eigenvalue weighted by Crippen LogP contribution is -2.36. The third-order valence-electron chi connectivity index (χ3n) is 5.32. The summed E-state index contributed by atoms with van der Waals surface area (Å²) in [6.07, 6.45) is 3.65. The molecule has 2 aliphatic heterocycles. The number of nitrogens with zero attached hydrogens (tertiary/aromatic N) is 1. The molecule has 1 unspecified atom stereocenters. The SMILES string of the molecule is O=C(NCC1CCCO1)c1ccc2c(c1)CCCN2C(=O)c1ccccc1F. The van der Waals surface area contributed by atoms with Crippen molar-refractivity contribution in [2.75, 3.05) is 24.6 Å². The van der Waals surface area contributed by atoms with Crippen LogP contribution < -0.4 is 10.2 Å². The molecule has 0 aliphatic carbocycles. The van der Waals surface area contributed by atoms with E-state index in [0.717, 1.165) is 43.5 Å². The summed E-state index contributed by atoms with van der Waals surface area (Å²) in [5, 5.41) is 2.92. The van der Waals surface area contributed by atoms with Crippen LogP contribution in [0.1, 0.15) is 45.5 Å². The maximum absolute atomic E-state index is 14.0. The Hall–Kier alpha value is -2.73. The van der Waals surface area contributed by atoms with Gasteiger partial charge in [0.15, 0.2) is 0 Å². The van der Waals surface area contributed by atoms with Crippen LogP contribution in [-0.4, -0.2) is 37.6 Å². The molecule has 2 aromatic rings. The quantitative estimate of drug-likeness (QED) is 0.883. The second kappa shape index (κ2) is 8.10. The number of halogens is 1. The highest BCUT2D eigenvalue weighted by atomic mass is 19.1. The first-order chi connectivity index (χ1) is 13.6. The molecule has 0 saturated carbocycles. The Morgan fingerprint density at radius 3 is 2.82 bits per heavy atom. The summed E-state index contributed by atoms with van der Waals surface area (Å²) >= 11 is 0. The summed E-state index contributed by atoms with van der Waals surface area (Å²) in [6, 6.07) is 11.4. The predicted molar refractivity (Wildman–Crippen MR) is 104 cm³/mol. The standard InChI is InChI=1S/C22H23FN2O3/c23-19-8-2-1-7-18(19)22(27)25-11-3-5-15-13-16(9-10-20(15)25)21(26)24-14-17-6-4-12-28-17/h1-2,7-10,13,17H,3-6,11-12,14H2,(H,24,26). The Morgan fingerprint density at radius 2 is 2.04 bits per heavy atom. The maximum atomic E-state index is 14.0. The van der Waals surface area contributed by atoms with Gasteiger partial charge in [0.05, 0.1) is 11.7 Å². The third-order valence-corrected chi connectivity index (χ3v) is 5.32. The lowest BCUT2D eigenvalue weighted by molar-refractivity contribution is 0.0857. The van der Waals surface area contributed by atoms with Crippen molar-refractivity contribution >= 4 is 17.5 Å². The molecular weight excluding hydrogens is 359 g/mol. The predicted octanol–water partition coefficient (Wildman–Crippen LogP) is 3.33. The molecule has 146 valence electrons. The summed E-state index contributed by atoms with van der Waals surface area (Å²) in [5.41, 5.74) is 2.31. The van der Waals surface area contributed by atoms with Gasteiger partial charge < -0.3 is 15.0 Å². The highest BCUT2D eigenvalue weighted by molar-refractivity contribution is 6.07. The van der Waals surface area contributed by atoms with E-state index < -0.39 is 5.82 Å². The van der Waals surface area contributed by atoms with Crippen LogP contribution in [0.15, 0.2) is 42.5 Å². The summed E-state index contributed by atoms with van der Waals surface area (Å²) in [7, 11) is 0. The van der Waals surface area contributed by atoms with Crippen molar-refractivity contribution in [1.29, 1.82) is 0 Å². The van der Waals surface area contributed by atoms with Gasteiger partial charge in [0.2, 0.25) is 0 Å². The van der Waals surface area contributed by atoms with Crippen molar-refractivity contribution in [3.63, 3.8) is 0 Å². The lowest BCUT2D eigenvalue weighted by atomic mass is 9.98. The number of nitrogens with one attached hydrogen (secondary N) is 1. The number of hydrogen-bond donors (Lipinski definition) is 1. The van der Waals surface area contributed by atoms with Crippen molar-refractivity contribution in [3.05, 3.63) is 65.0 Å². The zero-order chi connectivity index (χ0) is 19.5. The zero-order valence-corrected chi connectivity index (χ0v) is 15.6. The van der Waals surface area contributed by atoms with Gasteiger partial charge in [-0.25, -0.2) is 4.39 Å². The van der Waals surface area contributed by atoms with Crippen LogP contribution in [-0.2, 0) is 11.2 Å². The fourth-order valence-electron chi connectivity index (χ4n) is 3.84. The lowest BCUT2D eigenvalue weighted by Gasteiger charge is -2.30. The van der Waals surface area contributed by atoms with Gasteiger partial charge in [-0.1, -0.05) is 12.1 Å². The van der Waals surface area contributed by atoms with Crippen molar-refractivity contribution < 1.29 is 18.7 Å². The fraction of sp³-hybridized carbons (Fsp3) is 0.364. The second-order valence-corrected chi connectivity index (χ2v) is 7.23. The molecule has 0 bridgehead atoms. The highest BCUT2D eigenvalue weighted by Crippen LogP contribution is 2.30. The third kappa shape index (κ3) is 3.78. The first-order valence-corrected chi connectivity index (χ1v) is 9.72. The molecule has 2 amide bonds. The van der Waals surface area contributed by atoms with Crippen LogP contribution in [0.4, 0.5) is 10.1 Å². The van der Waals surface area contributed by atoms with E-state index in [2.05, 4.69) is 5.32 Å². The molecule has 1 atom stereocenters. The van der Waals surface area contributed by atoms with E-state index in [1.807, 2.05) is 6.07 Å². The molecule has 5 nitrogen and oxygen atoms in total. The van der Waals surface area contributed by atoms with Gasteiger partial charge >= 0.3 is 0 Å². The van der Waals surface area contributed by atoms with E-state index in [1.54, 1.807) is 29.2 Å². The minimum atomic E-state index is -0.523. The van der Waals surface area contributed by atoms with Gasteiger partial charge in [-0.05, 0) is 61.6 Å². The fourth-order valence-corrected chi connectivity index (χ4v) is 3.84. The number of aryl methyl sites for hydroxylation is 1.